The second-order valence-corrected chi connectivity index (χ2v) is 8.97. The number of nitrogens with zero attached hydrogens (tertiary/aromatic N) is 2. The summed E-state index contributed by atoms with van der Waals surface area (Å²) < 4.78 is 17.0. The van der Waals surface area contributed by atoms with Crippen molar-refractivity contribution in [3.05, 3.63) is 53.6 Å². The minimum absolute atomic E-state index is 0.137. The summed E-state index contributed by atoms with van der Waals surface area (Å²) in [7, 11) is 0. The van der Waals surface area contributed by atoms with Crippen LogP contribution in [0.5, 0.6) is 17.2 Å². The number of amides is 4. The number of ether oxygens (including phenoxy) is 3. The molecular weight excluding hydrogens is 438 g/mol. The molecule has 1 spiro atoms. The van der Waals surface area contributed by atoms with E-state index in [-0.39, 0.29) is 18.5 Å². The van der Waals surface area contributed by atoms with Crippen LogP contribution in [0.2, 0.25) is 0 Å². The third kappa shape index (κ3) is 3.18. The SMILES string of the molecule is O=C1N[C@@]2(CCOc3ccccc32)C(=O)N1CC(=O)N1CCC[C@H]1c1ccc2c(c1)OCCO2. The molecule has 4 amide bonds. The van der Waals surface area contributed by atoms with Gasteiger partial charge in [0.15, 0.2) is 17.0 Å². The number of urea groups is 1. The predicted octanol–water partition coefficient (Wildman–Crippen LogP) is 2.35. The lowest BCUT2D eigenvalue weighted by Gasteiger charge is -2.33. The number of imide groups is 1. The summed E-state index contributed by atoms with van der Waals surface area (Å²) in [5.41, 5.74) is 0.402. The van der Waals surface area contributed by atoms with Crippen molar-refractivity contribution in [2.24, 2.45) is 0 Å². The summed E-state index contributed by atoms with van der Waals surface area (Å²) in [4.78, 5) is 42.5. The first-order valence-corrected chi connectivity index (χ1v) is 11.6. The first-order valence-electron chi connectivity index (χ1n) is 11.6. The Kier molecular flexibility index (Phi) is 4.86. The fourth-order valence-electron chi connectivity index (χ4n) is 5.42. The van der Waals surface area contributed by atoms with Gasteiger partial charge in [0, 0.05) is 18.5 Å². The van der Waals surface area contributed by atoms with Gasteiger partial charge in [-0.15, -0.1) is 0 Å². The smallest absolute Gasteiger partial charge is 0.325 e. The molecule has 34 heavy (non-hydrogen) atoms. The van der Waals surface area contributed by atoms with Gasteiger partial charge in [0.1, 0.15) is 25.5 Å². The largest absolute Gasteiger partial charge is 0.493 e. The van der Waals surface area contributed by atoms with Crippen LogP contribution in [0.25, 0.3) is 0 Å². The fourth-order valence-corrected chi connectivity index (χ4v) is 5.42. The normalized spacial score (nSPS) is 25.2. The maximum atomic E-state index is 13.5. The number of hydrogen-bond acceptors (Lipinski definition) is 6. The fraction of sp³-hybridized carbons (Fsp3) is 0.400. The number of carbonyl (C=O) groups excluding carboxylic acids is 3. The zero-order valence-corrected chi connectivity index (χ0v) is 18.6. The van der Waals surface area contributed by atoms with Crippen molar-refractivity contribution < 1.29 is 28.6 Å². The Hall–Kier alpha value is -3.75. The van der Waals surface area contributed by atoms with Gasteiger partial charge in [-0.2, -0.15) is 0 Å². The number of hydrogen-bond donors (Lipinski definition) is 1. The van der Waals surface area contributed by atoms with E-state index >= 15 is 0 Å². The van der Waals surface area contributed by atoms with Crippen LogP contribution >= 0.6 is 0 Å². The standard InChI is InChI=1S/C25H25N3O6/c29-22(27-10-3-5-18(27)16-7-8-20-21(14-16)34-13-12-33-20)15-28-23(30)25(26-24(28)31)9-11-32-19-6-2-1-4-17(19)25/h1-2,4,6-8,14,18H,3,5,9-13,15H2,(H,26,31)/t18-,25+/m0/s1. The number of nitrogens with one attached hydrogen (secondary N) is 1. The van der Waals surface area contributed by atoms with Gasteiger partial charge in [0.05, 0.1) is 12.6 Å². The van der Waals surface area contributed by atoms with Crippen LogP contribution in [0.1, 0.15) is 36.4 Å². The van der Waals surface area contributed by atoms with Gasteiger partial charge in [-0.05, 0) is 36.6 Å². The zero-order valence-electron chi connectivity index (χ0n) is 18.6. The molecule has 0 unspecified atom stereocenters. The molecule has 0 aliphatic carbocycles. The van der Waals surface area contributed by atoms with Crippen LogP contribution in [0.4, 0.5) is 4.79 Å². The lowest BCUT2D eigenvalue weighted by Crippen LogP contribution is -2.48. The molecule has 4 aliphatic heterocycles. The van der Waals surface area contributed by atoms with E-state index in [0.29, 0.717) is 55.6 Å². The molecule has 9 heteroatoms. The van der Waals surface area contributed by atoms with E-state index < -0.39 is 17.5 Å². The second-order valence-electron chi connectivity index (χ2n) is 8.97. The molecule has 1 N–H and O–H groups in total. The third-order valence-corrected chi connectivity index (χ3v) is 7.07. The average molecular weight is 463 g/mol. The maximum absolute atomic E-state index is 13.5. The van der Waals surface area contributed by atoms with E-state index in [9.17, 15) is 14.4 Å². The molecule has 2 atom stereocenters. The Morgan fingerprint density at radius 1 is 1.00 bits per heavy atom. The molecule has 0 saturated carbocycles. The van der Waals surface area contributed by atoms with Gasteiger partial charge in [0.2, 0.25) is 5.91 Å². The number of fused-ring (bicyclic) bond motifs is 3. The van der Waals surface area contributed by atoms with E-state index in [1.54, 1.807) is 17.0 Å². The zero-order chi connectivity index (χ0) is 23.3. The highest BCUT2D eigenvalue weighted by Gasteiger charge is 2.55. The average Bonchev–Trinajstić information content (AvgIpc) is 3.44. The molecule has 0 bridgehead atoms. The maximum Gasteiger partial charge on any atom is 0.325 e. The summed E-state index contributed by atoms with van der Waals surface area (Å²) in [5, 5.41) is 2.85. The van der Waals surface area contributed by atoms with E-state index in [1.165, 1.54) is 0 Å². The molecule has 0 aromatic heterocycles. The molecule has 2 saturated heterocycles. The van der Waals surface area contributed by atoms with Crippen molar-refractivity contribution in [3.8, 4) is 17.2 Å². The minimum atomic E-state index is -1.19. The van der Waals surface area contributed by atoms with Crippen LogP contribution in [0.3, 0.4) is 0 Å². The van der Waals surface area contributed by atoms with Gasteiger partial charge in [-0.1, -0.05) is 24.3 Å². The van der Waals surface area contributed by atoms with Crippen LogP contribution in [-0.2, 0) is 15.1 Å². The highest BCUT2D eigenvalue weighted by molar-refractivity contribution is 6.09. The monoisotopic (exact) mass is 463 g/mol. The van der Waals surface area contributed by atoms with Crippen molar-refractivity contribution in [2.75, 3.05) is 32.9 Å². The topological polar surface area (TPSA) is 97.4 Å². The third-order valence-electron chi connectivity index (χ3n) is 7.07. The summed E-state index contributed by atoms with van der Waals surface area (Å²) in [5.74, 6) is 1.30. The molecule has 2 aromatic rings. The Balaban J connectivity index is 1.22. The molecule has 176 valence electrons. The lowest BCUT2D eigenvalue weighted by atomic mass is 9.84. The van der Waals surface area contributed by atoms with E-state index in [0.717, 1.165) is 23.3 Å². The van der Waals surface area contributed by atoms with Gasteiger partial charge in [0.25, 0.3) is 5.91 Å². The van der Waals surface area contributed by atoms with Crippen LogP contribution in [0.15, 0.2) is 42.5 Å². The summed E-state index contributed by atoms with van der Waals surface area (Å²) in [6.07, 6.45) is 1.97. The van der Waals surface area contributed by atoms with Crippen molar-refractivity contribution in [1.82, 2.24) is 15.1 Å². The summed E-state index contributed by atoms with van der Waals surface area (Å²) >= 11 is 0. The second kappa shape index (κ2) is 7.93. The highest BCUT2D eigenvalue weighted by Crippen LogP contribution is 2.42. The van der Waals surface area contributed by atoms with Crippen molar-refractivity contribution >= 4 is 17.8 Å². The van der Waals surface area contributed by atoms with E-state index in [1.807, 2.05) is 30.3 Å². The molecule has 4 aliphatic rings. The molecule has 6 rings (SSSR count). The molecule has 0 radical (unpaired) electrons. The van der Waals surface area contributed by atoms with Crippen LogP contribution in [-0.4, -0.2) is 60.6 Å². The predicted molar refractivity (Wildman–Crippen MR) is 120 cm³/mol. The first-order chi connectivity index (χ1) is 16.6. The summed E-state index contributed by atoms with van der Waals surface area (Å²) in [6, 6.07) is 12.3. The van der Waals surface area contributed by atoms with Crippen molar-refractivity contribution in [2.45, 2.75) is 30.8 Å². The van der Waals surface area contributed by atoms with Crippen LogP contribution in [0, 0.1) is 0 Å². The molecule has 2 aromatic carbocycles. The van der Waals surface area contributed by atoms with Crippen molar-refractivity contribution in [3.63, 3.8) is 0 Å². The Morgan fingerprint density at radius 3 is 2.68 bits per heavy atom. The number of para-hydroxylation sites is 1. The lowest BCUT2D eigenvalue weighted by molar-refractivity contribution is -0.140. The van der Waals surface area contributed by atoms with Gasteiger partial charge in [-0.25, -0.2) is 4.79 Å². The van der Waals surface area contributed by atoms with E-state index in [4.69, 9.17) is 14.2 Å². The molecule has 4 heterocycles. The molecule has 2 fully saturated rings. The van der Waals surface area contributed by atoms with Gasteiger partial charge in [-0.3, -0.25) is 14.5 Å². The number of benzene rings is 2. The number of carbonyl (C=O) groups is 3. The van der Waals surface area contributed by atoms with Gasteiger partial charge >= 0.3 is 6.03 Å². The number of rotatable bonds is 3. The Morgan fingerprint density at radius 2 is 1.79 bits per heavy atom. The Bertz CT molecular complexity index is 1180. The summed E-state index contributed by atoms with van der Waals surface area (Å²) in [6.45, 7) is 1.60. The molecule has 9 nitrogen and oxygen atoms in total. The van der Waals surface area contributed by atoms with Crippen LogP contribution < -0.4 is 19.5 Å². The molecular formula is C25H25N3O6. The minimum Gasteiger partial charge on any atom is -0.493 e. The number of likely N-dealkylation sites (tertiary alicyclic amines) is 1. The van der Waals surface area contributed by atoms with Gasteiger partial charge < -0.3 is 24.4 Å². The van der Waals surface area contributed by atoms with Crippen molar-refractivity contribution in [1.29, 1.82) is 0 Å². The Labute approximate surface area is 196 Å². The first kappa shape index (κ1) is 20.8. The van der Waals surface area contributed by atoms with E-state index in [2.05, 4.69) is 5.32 Å². The highest BCUT2D eigenvalue weighted by atomic mass is 16.6. The quantitative estimate of drug-likeness (QED) is 0.702.